The summed E-state index contributed by atoms with van der Waals surface area (Å²) in [4.78, 5) is 25.6. The van der Waals surface area contributed by atoms with Crippen LogP contribution >= 0.6 is 11.6 Å². The minimum absolute atomic E-state index is 0.0453. The van der Waals surface area contributed by atoms with Gasteiger partial charge >= 0.3 is 0 Å². The molecule has 0 amide bonds. The van der Waals surface area contributed by atoms with Gasteiger partial charge in [-0.1, -0.05) is 29.8 Å². The van der Waals surface area contributed by atoms with Gasteiger partial charge in [-0.15, -0.1) is 0 Å². The van der Waals surface area contributed by atoms with Gasteiger partial charge in [0.05, 0.1) is 16.9 Å². The van der Waals surface area contributed by atoms with E-state index in [0.29, 0.717) is 28.5 Å². The van der Waals surface area contributed by atoms with Crippen molar-refractivity contribution >= 4 is 28.2 Å². The first kappa shape index (κ1) is 21.1. The lowest BCUT2D eigenvalue weighted by molar-refractivity contribution is 0.0980. The Balaban J connectivity index is 2.11. The molecule has 0 aliphatic carbocycles. The number of rotatable bonds is 7. The number of ketones is 1. The molecule has 1 aromatic heterocycles. The summed E-state index contributed by atoms with van der Waals surface area (Å²) in [5.74, 6) is -0.520. The van der Waals surface area contributed by atoms with Gasteiger partial charge in [-0.2, -0.15) is 9.78 Å². The molecule has 0 spiro atoms. The van der Waals surface area contributed by atoms with Crippen molar-refractivity contribution in [2.24, 2.45) is 0 Å². The molecule has 29 heavy (non-hydrogen) atoms. The van der Waals surface area contributed by atoms with E-state index in [9.17, 15) is 18.2 Å². The number of aromatic nitrogens is 2. The molecule has 3 aromatic rings. The molecule has 0 fully saturated rings. The predicted octanol–water partition coefficient (Wildman–Crippen LogP) is 4.03. The van der Waals surface area contributed by atoms with Crippen LogP contribution in [0.2, 0.25) is 5.02 Å². The Kier molecular flexibility index (Phi) is 6.71. The van der Waals surface area contributed by atoms with Gasteiger partial charge in [0.1, 0.15) is 5.82 Å². The number of nitrogens with zero attached hydrogens (tertiary/aromatic N) is 2. The summed E-state index contributed by atoms with van der Waals surface area (Å²) >= 11 is 5.94. The van der Waals surface area contributed by atoms with Gasteiger partial charge in [0.25, 0.3) is 5.56 Å². The lowest BCUT2D eigenvalue weighted by Gasteiger charge is -2.11. The second-order valence-corrected chi connectivity index (χ2v) is 8.44. The summed E-state index contributed by atoms with van der Waals surface area (Å²) < 4.78 is 26.0. The average Bonchev–Trinajstić information content (AvgIpc) is 2.68. The number of carbonyl (C=O) groups excluding carboxylic acids is 1. The van der Waals surface area contributed by atoms with Gasteiger partial charge in [-0.25, -0.2) is 4.39 Å². The maximum absolute atomic E-state index is 13.7. The van der Waals surface area contributed by atoms with Crippen molar-refractivity contribution in [3.63, 3.8) is 0 Å². The quantitative estimate of drug-likeness (QED) is 0.528. The fourth-order valence-corrected chi connectivity index (χ4v) is 3.49. The van der Waals surface area contributed by atoms with Crippen LogP contribution in [0.15, 0.2) is 59.4 Å². The van der Waals surface area contributed by atoms with E-state index in [-0.39, 0.29) is 23.5 Å². The molecule has 2 aromatic carbocycles. The van der Waals surface area contributed by atoms with Crippen LogP contribution in [0.25, 0.3) is 16.9 Å². The predicted molar refractivity (Wildman–Crippen MR) is 113 cm³/mol. The number of halogens is 2. The molecular weight excluding hydrogens is 415 g/mol. The van der Waals surface area contributed by atoms with Gasteiger partial charge in [0.15, 0.2) is 5.78 Å². The smallest absolute Gasteiger partial charge is 0.282 e. The minimum Gasteiger partial charge on any atom is -0.294 e. The van der Waals surface area contributed by atoms with Gasteiger partial charge in [-0.05, 0) is 42.8 Å². The number of Topliss-reactive ketones (excluding diaryl/α,β-unsaturated/α-hetero) is 1. The van der Waals surface area contributed by atoms with E-state index in [2.05, 4.69) is 5.10 Å². The van der Waals surface area contributed by atoms with Crippen molar-refractivity contribution in [1.29, 1.82) is 0 Å². The third-order valence-corrected chi connectivity index (χ3v) is 5.36. The van der Waals surface area contributed by atoms with E-state index in [1.807, 2.05) is 0 Å². The molecular formula is C21H18ClFN2O3S. The van der Waals surface area contributed by atoms with Crippen molar-refractivity contribution in [1.82, 2.24) is 9.78 Å². The molecule has 1 atom stereocenters. The van der Waals surface area contributed by atoms with E-state index in [0.717, 1.165) is 4.68 Å². The molecule has 0 aliphatic heterocycles. The third-order valence-electron chi connectivity index (χ3n) is 4.24. The molecule has 0 bridgehead atoms. The summed E-state index contributed by atoms with van der Waals surface area (Å²) in [5, 5.41) is 4.87. The van der Waals surface area contributed by atoms with Crippen LogP contribution in [0.1, 0.15) is 23.2 Å². The topological polar surface area (TPSA) is 69.0 Å². The first-order chi connectivity index (χ1) is 13.8. The average molecular weight is 433 g/mol. The Morgan fingerprint density at radius 1 is 1.17 bits per heavy atom. The fraction of sp³-hybridized carbons (Fsp3) is 0.190. The summed E-state index contributed by atoms with van der Waals surface area (Å²) in [6.07, 6.45) is 2.05. The summed E-state index contributed by atoms with van der Waals surface area (Å²) in [5.41, 5.74) is 0.581. The Morgan fingerprint density at radius 2 is 1.90 bits per heavy atom. The van der Waals surface area contributed by atoms with E-state index in [1.165, 1.54) is 30.3 Å². The SMILES string of the molecule is CS(=O)CCCC(=O)c1cc(-c2ccc(Cl)cc2)nn(-c2cccc(F)c2)c1=O. The largest absolute Gasteiger partial charge is 0.294 e. The van der Waals surface area contributed by atoms with E-state index in [1.54, 1.807) is 30.5 Å². The molecule has 5 nitrogen and oxygen atoms in total. The number of hydrogen-bond acceptors (Lipinski definition) is 4. The van der Waals surface area contributed by atoms with Crippen LogP contribution in [0.5, 0.6) is 0 Å². The maximum Gasteiger partial charge on any atom is 0.282 e. The van der Waals surface area contributed by atoms with Crippen LogP contribution in [0, 0.1) is 5.82 Å². The molecule has 3 rings (SSSR count). The molecule has 1 unspecified atom stereocenters. The second-order valence-electron chi connectivity index (χ2n) is 6.45. The Morgan fingerprint density at radius 3 is 2.55 bits per heavy atom. The Labute approximate surface area is 174 Å². The molecule has 0 N–H and O–H groups in total. The van der Waals surface area contributed by atoms with E-state index >= 15 is 0 Å². The molecule has 150 valence electrons. The Bertz CT molecular complexity index is 1130. The lowest BCUT2D eigenvalue weighted by Crippen LogP contribution is -2.28. The highest BCUT2D eigenvalue weighted by molar-refractivity contribution is 7.84. The number of carbonyl (C=O) groups is 1. The Hall–Kier alpha value is -2.64. The van der Waals surface area contributed by atoms with E-state index in [4.69, 9.17) is 11.6 Å². The van der Waals surface area contributed by atoms with Crippen molar-refractivity contribution < 1.29 is 13.4 Å². The third kappa shape index (κ3) is 5.25. The lowest BCUT2D eigenvalue weighted by atomic mass is 10.1. The van der Waals surface area contributed by atoms with Gasteiger partial charge in [-0.3, -0.25) is 13.8 Å². The highest BCUT2D eigenvalue weighted by Gasteiger charge is 2.17. The summed E-state index contributed by atoms with van der Waals surface area (Å²) in [7, 11) is -1.02. The van der Waals surface area contributed by atoms with Crippen LogP contribution in [-0.4, -0.2) is 31.8 Å². The second kappa shape index (κ2) is 9.24. The van der Waals surface area contributed by atoms with Crippen LogP contribution < -0.4 is 5.56 Å². The molecule has 0 radical (unpaired) electrons. The molecule has 0 saturated heterocycles. The highest BCUT2D eigenvalue weighted by Crippen LogP contribution is 2.21. The van der Waals surface area contributed by atoms with E-state index < -0.39 is 22.2 Å². The number of benzene rings is 2. The van der Waals surface area contributed by atoms with Crippen molar-refractivity contribution in [3.8, 4) is 16.9 Å². The monoisotopic (exact) mass is 432 g/mol. The first-order valence-electron chi connectivity index (χ1n) is 8.84. The minimum atomic E-state index is -1.02. The van der Waals surface area contributed by atoms with Crippen molar-refractivity contribution in [3.05, 3.63) is 81.4 Å². The molecule has 0 saturated carbocycles. The van der Waals surface area contributed by atoms with Gasteiger partial charge < -0.3 is 0 Å². The van der Waals surface area contributed by atoms with Gasteiger partial charge in [0.2, 0.25) is 0 Å². The van der Waals surface area contributed by atoms with Crippen molar-refractivity contribution in [2.75, 3.05) is 12.0 Å². The summed E-state index contributed by atoms with van der Waals surface area (Å²) in [6.45, 7) is 0. The number of hydrogen-bond donors (Lipinski definition) is 0. The normalized spacial score (nSPS) is 12.0. The first-order valence-corrected chi connectivity index (χ1v) is 10.9. The fourth-order valence-electron chi connectivity index (χ4n) is 2.81. The van der Waals surface area contributed by atoms with Crippen LogP contribution in [0.4, 0.5) is 4.39 Å². The molecule has 8 heteroatoms. The van der Waals surface area contributed by atoms with Crippen LogP contribution in [0.3, 0.4) is 0 Å². The molecule has 0 aliphatic rings. The molecule has 1 heterocycles. The van der Waals surface area contributed by atoms with Gasteiger partial charge in [0, 0.05) is 39.8 Å². The zero-order valence-electron chi connectivity index (χ0n) is 15.6. The highest BCUT2D eigenvalue weighted by atomic mass is 35.5. The standard InChI is InChI=1S/C21H18ClFN2O3S/c1-29(28)11-3-6-20(26)18-13-19(14-7-9-15(22)10-8-14)24-25(21(18)27)17-5-2-4-16(23)12-17/h2,4-5,7-10,12-13H,3,6,11H2,1H3. The zero-order valence-corrected chi connectivity index (χ0v) is 17.2. The zero-order chi connectivity index (χ0) is 21.0. The van der Waals surface area contributed by atoms with Crippen molar-refractivity contribution in [2.45, 2.75) is 12.8 Å². The maximum atomic E-state index is 13.7. The summed E-state index contributed by atoms with van der Waals surface area (Å²) in [6, 6.07) is 13.7. The van der Waals surface area contributed by atoms with Crippen LogP contribution in [-0.2, 0) is 10.8 Å².